The number of likely N-dealkylation sites (N-methyl/N-ethyl adjacent to an activating group) is 1. The van der Waals surface area contributed by atoms with E-state index in [4.69, 9.17) is 4.55 Å². The van der Waals surface area contributed by atoms with Crippen LogP contribution >= 0.6 is 0 Å². The Kier molecular flexibility index (Phi) is 6.38. The molecule has 1 aromatic carbocycles. The van der Waals surface area contributed by atoms with Gasteiger partial charge in [-0.15, -0.1) is 0 Å². The zero-order valence-corrected chi connectivity index (χ0v) is 14.8. The Morgan fingerprint density at radius 2 is 1.80 bits per heavy atom. The van der Waals surface area contributed by atoms with Gasteiger partial charge in [0.15, 0.2) is 0 Å². The van der Waals surface area contributed by atoms with E-state index in [2.05, 4.69) is 10.6 Å². The van der Waals surface area contributed by atoms with Crippen molar-refractivity contribution >= 4 is 27.8 Å². The summed E-state index contributed by atoms with van der Waals surface area (Å²) in [5.41, 5.74) is 0.957. The van der Waals surface area contributed by atoms with Gasteiger partial charge in [0.05, 0.1) is 5.69 Å². The van der Waals surface area contributed by atoms with E-state index in [1.54, 1.807) is 12.1 Å². The molecule has 1 aliphatic carbocycles. The maximum Gasteiger partial charge on any atom is 0.357 e. The van der Waals surface area contributed by atoms with Crippen LogP contribution in [0.1, 0.15) is 31.2 Å². The van der Waals surface area contributed by atoms with Gasteiger partial charge in [-0.2, -0.15) is 8.42 Å². The van der Waals surface area contributed by atoms with Crippen molar-refractivity contribution in [3.63, 3.8) is 0 Å². The molecule has 138 valence electrons. The number of hydrogen-bond donors (Lipinski definition) is 4. The Morgan fingerprint density at radius 3 is 2.32 bits per heavy atom. The predicted molar refractivity (Wildman–Crippen MR) is 93.3 cm³/mol. The van der Waals surface area contributed by atoms with E-state index in [-0.39, 0.29) is 29.8 Å². The Bertz CT molecular complexity index is 712. The van der Waals surface area contributed by atoms with E-state index >= 15 is 0 Å². The maximum absolute atomic E-state index is 12.3. The van der Waals surface area contributed by atoms with Crippen molar-refractivity contribution in [1.29, 1.82) is 0 Å². The summed E-state index contributed by atoms with van der Waals surface area (Å²) in [6, 6.07) is 5.51. The summed E-state index contributed by atoms with van der Waals surface area (Å²) in [4.78, 5) is 24.4. The lowest BCUT2D eigenvalue weighted by atomic mass is 10.0. The molecule has 9 heteroatoms. The van der Waals surface area contributed by atoms with Crippen molar-refractivity contribution in [2.75, 3.05) is 11.8 Å². The minimum Gasteiger partial charge on any atom is -0.357 e. The van der Waals surface area contributed by atoms with E-state index in [0.717, 1.165) is 31.2 Å². The monoisotopic (exact) mass is 369 g/mol. The van der Waals surface area contributed by atoms with Crippen LogP contribution in [-0.2, 0) is 26.3 Å². The third-order valence-electron chi connectivity index (χ3n) is 4.25. The van der Waals surface area contributed by atoms with Gasteiger partial charge in [-0.3, -0.25) is 18.9 Å². The molecule has 0 aromatic heterocycles. The smallest absolute Gasteiger partial charge is 0.357 e. The summed E-state index contributed by atoms with van der Waals surface area (Å²) in [5, 5.41) is 5.35. The summed E-state index contributed by atoms with van der Waals surface area (Å²) in [7, 11) is -2.82. The number of anilines is 1. The highest BCUT2D eigenvalue weighted by molar-refractivity contribution is 7.87. The van der Waals surface area contributed by atoms with Crippen molar-refractivity contribution < 1.29 is 22.6 Å². The molecule has 1 unspecified atom stereocenters. The first kappa shape index (κ1) is 19.2. The van der Waals surface area contributed by atoms with Gasteiger partial charge in [-0.05, 0) is 30.5 Å². The largest absolute Gasteiger partial charge is 0.357 e. The normalized spacial score (nSPS) is 16.2. The van der Waals surface area contributed by atoms with Gasteiger partial charge in [0, 0.05) is 19.4 Å². The summed E-state index contributed by atoms with van der Waals surface area (Å²) in [6.07, 6.45) is 4.05. The number of carbonyl (C=O) groups excluding carboxylic acids is 2. The maximum atomic E-state index is 12.3. The quantitative estimate of drug-likeness (QED) is 0.531. The molecule has 4 N–H and O–H groups in total. The van der Waals surface area contributed by atoms with Crippen molar-refractivity contribution in [2.24, 2.45) is 5.92 Å². The minimum absolute atomic E-state index is 0.0338. The molecular weight excluding hydrogens is 346 g/mol. The standard InChI is InChI=1S/C16H23N3O5S/c1-17-16(21)14(18-15(20)12-4-2-3-5-12)10-11-6-8-13(9-7-11)19-25(22,23)24/h6-9,12,14,19H,2-5,10H2,1H3,(H,17,21)(H,18,20)(H,22,23,24). The fourth-order valence-corrected chi connectivity index (χ4v) is 3.39. The van der Waals surface area contributed by atoms with Crippen LogP contribution in [0.15, 0.2) is 24.3 Å². The highest BCUT2D eigenvalue weighted by Gasteiger charge is 2.27. The Labute approximate surface area is 147 Å². The van der Waals surface area contributed by atoms with Gasteiger partial charge >= 0.3 is 10.3 Å². The zero-order valence-electron chi connectivity index (χ0n) is 14.0. The van der Waals surface area contributed by atoms with Crippen LogP contribution in [-0.4, -0.2) is 37.9 Å². The van der Waals surface area contributed by atoms with Crippen LogP contribution in [0.2, 0.25) is 0 Å². The van der Waals surface area contributed by atoms with E-state index < -0.39 is 16.3 Å². The van der Waals surface area contributed by atoms with Crippen molar-refractivity contribution in [2.45, 2.75) is 38.1 Å². The molecule has 25 heavy (non-hydrogen) atoms. The second-order valence-electron chi connectivity index (χ2n) is 6.13. The number of benzene rings is 1. The lowest BCUT2D eigenvalue weighted by Crippen LogP contribution is -2.48. The molecule has 0 saturated heterocycles. The Balaban J connectivity index is 2.03. The van der Waals surface area contributed by atoms with E-state index in [1.807, 2.05) is 4.72 Å². The van der Waals surface area contributed by atoms with Crippen LogP contribution < -0.4 is 15.4 Å². The molecule has 1 saturated carbocycles. The molecule has 1 fully saturated rings. The second-order valence-corrected chi connectivity index (χ2v) is 7.29. The van der Waals surface area contributed by atoms with Crippen molar-refractivity contribution in [3.05, 3.63) is 29.8 Å². The van der Waals surface area contributed by atoms with Crippen LogP contribution in [0, 0.1) is 5.92 Å². The molecule has 2 rings (SSSR count). The number of rotatable bonds is 7. The average molecular weight is 369 g/mol. The van der Waals surface area contributed by atoms with Gasteiger partial charge in [0.25, 0.3) is 0 Å². The molecule has 2 amide bonds. The topological polar surface area (TPSA) is 125 Å². The Morgan fingerprint density at radius 1 is 1.20 bits per heavy atom. The van der Waals surface area contributed by atoms with Crippen LogP contribution in [0.3, 0.4) is 0 Å². The summed E-state index contributed by atoms with van der Waals surface area (Å²) in [5.74, 6) is -0.421. The third-order valence-corrected chi connectivity index (χ3v) is 4.74. The first-order chi connectivity index (χ1) is 11.8. The number of nitrogens with one attached hydrogen (secondary N) is 3. The van der Waals surface area contributed by atoms with Crippen molar-refractivity contribution in [3.8, 4) is 0 Å². The molecule has 1 atom stereocenters. The number of hydrogen-bond acceptors (Lipinski definition) is 4. The molecule has 0 aliphatic heterocycles. The summed E-state index contributed by atoms with van der Waals surface area (Å²) < 4.78 is 32.3. The molecule has 0 spiro atoms. The highest BCUT2D eigenvalue weighted by Crippen LogP contribution is 2.25. The van der Waals surface area contributed by atoms with E-state index in [1.165, 1.54) is 19.2 Å². The predicted octanol–water partition coefficient (Wildman–Crippen LogP) is 0.865. The molecule has 8 nitrogen and oxygen atoms in total. The fraction of sp³-hybridized carbons (Fsp3) is 0.500. The third kappa shape index (κ3) is 6.02. The summed E-state index contributed by atoms with van der Waals surface area (Å²) in [6.45, 7) is 0. The highest BCUT2D eigenvalue weighted by atomic mass is 32.2. The first-order valence-electron chi connectivity index (χ1n) is 8.14. The van der Waals surface area contributed by atoms with E-state index in [9.17, 15) is 18.0 Å². The first-order valence-corrected chi connectivity index (χ1v) is 9.58. The summed E-state index contributed by atoms with van der Waals surface area (Å²) >= 11 is 0. The zero-order chi connectivity index (χ0) is 18.4. The minimum atomic E-state index is -4.33. The SMILES string of the molecule is CNC(=O)C(Cc1ccc(NS(=O)(=O)O)cc1)NC(=O)C1CCCC1. The van der Waals surface area contributed by atoms with Crippen molar-refractivity contribution in [1.82, 2.24) is 10.6 Å². The number of carbonyl (C=O) groups is 2. The van der Waals surface area contributed by atoms with Gasteiger partial charge in [-0.25, -0.2) is 0 Å². The van der Waals surface area contributed by atoms with Crippen LogP contribution in [0.5, 0.6) is 0 Å². The van der Waals surface area contributed by atoms with Gasteiger partial charge in [-0.1, -0.05) is 25.0 Å². The average Bonchev–Trinajstić information content (AvgIpc) is 3.08. The van der Waals surface area contributed by atoms with Crippen LogP contribution in [0.25, 0.3) is 0 Å². The molecule has 1 aromatic rings. The lowest BCUT2D eigenvalue weighted by molar-refractivity contribution is -0.130. The molecule has 1 aliphatic rings. The van der Waals surface area contributed by atoms with Gasteiger partial charge < -0.3 is 10.6 Å². The van der Waals surface area contributed by atoms with E-state index in [0.29, 0.717) is 0 Å². The molecule has 0 heterocycles. The van der Waals surface area contributed by atoms with Gasteiger partial charge in [0.2, 0.25) is 11.8 Å². The van der Waals surface area contributed by atoms with Crippen LogP contribution in [0.4, 0.5) is 5.69 Å². The second kappa shape index (κ2) is 8.30. The van der Waals surface area contributed by atoms with Gasteiger partial charge in [0.1, 0.15) is 6.04 Å². The molecule has 0 bridgehead atoms. The number of amides is 2. The molecule has 0 radical (unpaired) electrons. The molecular formula is C16H23N3O5S. The fourth-order valence-electron chi connectivity index (χ4n) is 2.95. The Hall–Kier alpha value is -2.13. The lowest BCUT2D eigenvalue weighted by Gasteiger charge is -2.20.